The van der Waals surface area contributed by atoms with E-state index >= 15 is 0 Å². The summed E-state index contributed by atoms with van der Waals surface area (Å²) in [7, 11) is 1.79. The van der Waals surface area contributed by atoms with Gasteiger partial charge in [0, 0.05) is 58.1 Å². The van der Waals surface area contributed by atoms with Crippen molar-refractivity contribution >= 4 is 5.96 Å². The molecule has 2 aromatic rings. The molecule has 2 N–H and O–H groups in total. The summed E-state index contributed by atoms with van der Waals surface area (Å²) in [6.45, 7) is 6.26. The molecule has 1 aromatic carbocycles. The van der Waals surface area contributed by atoms with E-state index in [0.29, 0.717) is 0 Å². The first kappa shape index (κ1) is 19.3. The third-order valence-corrected chi connectivity index (χ3v) is 4.62. The third kappa shape index (κ3) is 6.66. The second-order valence-electron chi connectivity index (χ2n) is 6.63. The first-order chi connectivity index (χ1) is 13.3. The molecule has 0 amide bonds. The number of morpholine rings is 1. The number of ether oxygens (including phenoxy) is 1. The Balaban J connectivity index is 1.40. The van der Waals surface area contributed by atoms with Crippen molar-refractivity contribution < 1.29 is 4.74 Å². The summed E-state index contributed by atoms with van der Waals surface area (Å²) in [4.78, 5) is 11.1. The normalized spacial score (nSPS) is 15.5. The van der Waals surface area contributed by atoms with Gasteiger partial charge in [0.05, 0.1) is 13.2 Å². The zero-order valence-corrected chi connectivity index (χ0v) is 16.0. The van der Waals surface area contributed by atoms with Crippen molar-refractivity contribution in [1.29, 1.82) is 0 Å². The monoisotopic (exact) mass is 367 g/mol. The van der Waals surface area contributed by atoms with E-state index in [4.69, 9.17) is 4.74 Å². The topological polar surface area (TPSA) is 61.8 Å². The quantitative estimate of drug-likeness (QED) is 0.577. The van der Waals surface area contributed by atoms with Gasteiger partial charge in [-0.15, -0.1) is 0 Å². The van der Waals surface area contributed by atoms with Crippen LogP contribution in [-0.2, 0) is 24.2 Å². The van der Waals surface area contributed by atoms with Crippen LogP contribution < -0.4 is 10.6 Å². The molecule has 0 atom stereocenters. The Hall–Kier alpha value is -2.44. The number of rotatable bonds is 7. The van der Waals surface area contributed by atoms with E-state index in [1.807, 2.05) is 24.4 Å². The van der Waals surface area contributed by atoms with Gasteiger partial charge in [-0.1, -0.05) is 30.3 Å². The van der Waals surface area contributed by atoms with E-state index in [1.165, 1.54) is 11.1 Å². The lowest BCUT2D eigenvalue weighted by Gasteiger charge is -2.26. The van der Waals surface area contributed by atoms with Crippen LogP contribution in [0.15, 0.2) is 53.7 Å². The Bertz CT molecular complexity index is 696. The van der Waals surface area contributed by atoms with Crippen molar-refractivity contribution in [2.24, 2.45) is 4.99 Å². The first-order valence-electron chi connectivity index (χ1n) is 9.56. The molecule has 0 radical (unpaired) electrons. The van der Waals surface area contributed by atoms with Gasteiger partial charge in [-0.05, 0) is 23.3 Å². The molecular weight excluding hydrogens is 338 g/mol. The Morgan fingerprint density at radius 3 is 2.56 bits per heavy atom. The summed E-state index contributed by atoms with van der Waals surface area (Å²) in [6, 6.07) is 14.8. The fraction of sp³-hybridized carbons (Fsp3) is 0.429. The first-order valence-corrected chi connectivity index (χ1v) is 9.56. The summed E-state index contributed by atoms with van der Waals surface area (Å²) in [5.74, 6) is 0.809. The molecule has 0 spiro atoms. The fourth-order valence-corrected chi connectivity index (χ4v) is 3.04. The lowest BCUT2D eigenvalue weighted by atomic mass is 10.1. The highest BCUT2D eigenvalue weighted by atomic mass is 16.5. The van der Waals surface area contributed by atoms with Crippen LogP contribution in [-0.4, -0.2) is 55.7 Å². The van der Waals surface area contributed by atoms with Crippen molar-refractivity contribution in [1.82, 2.24) is 20.5 Å². The van der Waals surface area contributed by atoms with Gasteiger partial charge >= 0.3 is 0 Å². The predicted octanol–water partition coefficient (Wildman–Crippen LogP) is 1.82. The molecule has 144 valence electrons. The number of benzene rings is 1. The highest BCUT2D eigenvalue weighted by Gasteiger charge is 2.10. The van der Waals surface area contributed by atoms with E-state index in [9.17, 15) is 0 Å². The van der Waals surface area contributed by atoms with Crippen LogP contribution in [0.5, 0.6) is 0 Å². The summed E-state index contributed by atoms with van der Waals surface area (Å²) < 4.78 is 5.40. The fourth-order valence-electron chi connectivity index (χ4n) is 3.04. The SMILES string of the molecule is CN=C(NCCc1ccccn1)NCc1ccc(CN2CCOCC2)cc1. The second kappa shape index (κ2) is 10.6. The van der Waals surface area contributed by atoms with Gasteiger partial charge in [-0.25, -0.2) is 0 Å². The molecule has 0 unspecified atom stereocenters. The number of hydrogen-bond acceptors (Lipinski definition) is 4. The number of nitrogens with one attached hydrogen (secondary N) is 2. The lowest BCUT2D eigenvalue weighted by molar-refractivity contribution is 0.0342. The molecule has 0 saturated carbocycles. The predicted molar refractivity (Wildman–Crippen MR) is 109 cm³/mol. The zero-order chi connectivity index (χ0) is 18.7. The third-order valence-electron chi connectivity index (χ3n) is 4.62. The standard InChI is InChI=1S/C21H29N5O/c1-22-21(24-11-9-20-4-2-3-10-23-20)25-16-18-5-7-19(8-6-18)17-26-12-14-27-15-13-26/h2-8,10H,9,11-17H2,1H3,(H2,22,24,25). The molecule has 1 aromatic heterocycles. The van der Waals surface area contributed by atoms with Crippen LogP contribution in [0.1, 0.15) is 16.8 Å². The van der Waals surface area contributed by atoms with Crippen LogP contribution >= 0.6 is 0 Å². The van der Waals surface area contributed by atoms with Gasteiger partial charge < -0.3 is 15.4 Å². The minimum atomic E-state index is 0.751. The molecule has 1 aliphatic heterocycles. The Morgan fingerprint density at radius 2 is 1.85 bits per heavy atom. The van der Waals surface area contributed by atoms with E-state index in [1.54, 1.807) is 7.05 Å². The van der Waals surface area contributed by atoms with Crippen molar-refractivity contribution in [3.63, 3.8) is 0 Å². The van der Waals surface area contributed by atoms with Crippen molar-refractivity contribution in [2.75, 3.05) is 39.9 Å². The van der Waals surface area contributed by atoms with E-state index in [-0.39, 0.29) is 0 Å². The molecule has 0 bridgehead atoms. The molecule has 3 rings (SSSR count). The number of pyridine rings is 1. The number of hydrogen-bond donors (Lipinski definition) is 2. The van der Waals surface area contributed by atoms with Crippen molar-refractivity contribution in [2.45, 2.75) is 19.5 Å². The maximum atomic E-state index is 5.40. The zero-order valence-electron chi connectivity index (χ0n) is 16.0. The molecule has 1 aliphatic rings. The average Bonchev–Trinajstić information content (AvgIpc) is 2.73. The minimum Gasteiger partial charge on any atom is -0.379 e. The largest absolute Gasteiger partial charge is 0.379 e. The summed E-state index contributed by atoms with van der Waals surface area (Å²) in [6.07, 6.45) is 2.70. The number of guanidine groups is 1. The Morgan fingerprint density at radius 1 is 1.07 bits per heavy atom. The smallest absolute Gasteiger partial charge is 0.191 e. The minimum absolute atomic E-state index is 0.751. The van der Waals surface area contributed by atoms with Crippen LogP contribution in [0.25, 0.3) is 0 Å². The Kier molecular flexibility index (Phi) is 7.62. The molecule has 1 saturated heterocycles. The van der Waals surface area contributed by atoms with Gasteiger partial charge in [0.1, 0.15) is 0 Å². The van der Waals surface area contributed by atoms with Gasteiger partial charge in [-0.2, -0.15) is 0 Å². The lowest BCUT2D eigenvalue weighted by Crippen LogP contribution is -2.38. The van der Waals surface area contributed by atoms with E-state index in [2.05, 4.69) is 49.8 Å². The van der Waals surface area contributed by atoms with Gasteiger partial charge in [0.2, 0.25) is 0 Å². The van der Waals surface area contributed by atoms with Gasteiger partial charge in [0.25, 0.3) is 0 Å². The number of aliphatic imine (C=N–C) groups is 1. The van der Waals surface area contributed by atoms with Crippen LogP contribution in [0, 0.1) is 0 Å². The van der Waals surface area contributed by atoms with Crippen molar-refractivity contribution in [3.05, 3.63) is 65.5 Å². The van der Waals surface area contributed by atoms with E-state index < -0.39 is 0 Å². The molecule has 0 aliphatic carbocycles. The molecule has 27 heavy (non-hydrogen) atoms. The van der Waals surface area contributed by atoms with Gasteiger partial charge in [0.15, 0.2) is 5.96 Å². The molecule has 6 nitrogen and oxygen atoms in total. The average molecular weight is 367 g/mol. The van der Waals surface area contributed by atoms with Crippen LogP contribution in [0.4, 0.5) is 0 Å². The summed E-state index contributed by atoms with van der Waals surface area (Å²) in [5.41, 5.74) is 3.67. The maximum absolute atomic E-state index is 5.40. The number of nitrogens with zero attached hydrogens (tertiary/aromatic N) is 3. The van der Waals surface area contributed by atoms with Crippen LogP contribution in [0.3, 0.4) is 0 Å². The summed E-state index contributed by atoms with van der Waals surface area (Å²) in [5, 5.41) is 6.70. The van der Waals surface area contributed by atoms with E-state index in [0.717, 1.165) is 64.0 Å². The van der Waals surface area contributed by atoms with Crippen molar-refractivity contribution in [3.8, 4) is 0 Å². The Labute approximate surface area is 161 Å². The highest BCUT2D eigenvalue weighted by Crippen LogP contribution is 2.09. The number of aromatic nitrogens is 1. The molecule has 1 fully saturated rings. The molecular formula is C21H29N5O. The van der Waals surface area contributed by atoms with Crippen LogP contribution in [0.2, 0.25) is 0 Å². The second-order valence-corrected chi connectivity index (χ2v) is 6.63. The molecule has 2 heterocycles. The maximum Gasteiger partial charge on any atom is 0.191 e. The van der Waals surface area contributed by atoms with Gasteiger partial charge in [-0.3, -0.25) is 14.9 Å². The molecule has 6 heteroatoms. The summed E-state index contributed by atoms with van der Waals surface area (Å²) >= 11 is 0. The highest BCUT2D eigenvalue weighted by molar-refractivity contribution is 5.79.